The van der Waals surface area contributed by atoms with Gasteiger partial charge in [-0.2, -0.15) is 5.10 Å². The molecule has 0 radical (unpaired) electrons. The van der Waals surface area contributed by atoms with Gasteiger partial charge in [-0.1, -0.05) is 18.3 Å². The largest absolute Gasteiger partial charge is 0.389 e. The zero-order valence-electron chi connectivity index (χ0n) is 10.8. The smallest absolute Gasteiger partial charge is 0.159 e. The number of aromatic nitrogens is 3. The zero-order valence-corrected chi connectivity index (χ0v) is 11.7. The number of nitrogens with one attached hydrogen (secondary N) is 1. The second kappa shape index (κ2) is 5.71. The molecule has 2 aromatic heterocycles. The molecule has 98 valence electrons. The Balaban J connectivity index is 2.26. The lowest BCUT2D eigenvalue weighted by Crippen LogP contribution is -2.18. The first-order valence-corrected chi connectivity index (χ1v) is 6.27. The summed E-state index contributed by atoms with van der Waals surface area (Å²) in [6, 6.07) is 3.87. The van der Waals surface area contributed by atoms with E-state index in [-0.39, 0.29) is 0 Å². The predicted octanol–water partition coefficient (Wildman–Crippen LogP) is 1.73. The summed E-state index contributed by atoms with van der Waals surface area (Å²) in [5, 5.41) is 11.4. The number of rotatable bonds is 4. The van der Waals surface area contributed by atoms with Crippen molar-refractivity contribution in [2.75, 3.05) is 5.32 Å². The average molecular weight is 273 g/mol. The van der Waals surface area contributed by atoms with Gasteiger partial charge in [0.15, 0.2) is 5.82 Å². The molecule has 2 aromatic rings. The molecule has 0 aliphatic rings. The Labute approximate surface area is 117 Å². The number of aryl methyl sites for hydroxylation is 1. The topological polar surface area (TPSA) is 76.7 Å². The van der Waals surface area contributed by atoms with E-state index in [1.807, 2.05) is 26.0 Å². The van der Waals surface area contributed by atoms with E-state index in [1.165, 1.54) is 0 Å². The summed E-state index contributed by atoms with van der Waals surface area (Å²) in [6.07, 6.45) is 3.53. The molecule has 0 unspecified atom stereocenters. The minimum absolute atomic E-state index is 0.323. The van der Waals surface area contributed by atoms with Crippen molar-refractivity contribution in [3.8, 4) is 0 Å². The van der Waals surface area contributed by atoms with Crippen molar-refractivity contribution in [3.05, 3.63) is 46.9 Å². The fourth-order valence-corrected chi connectivity index (χ4v) is 1.97. The van der Waals surface area contributed by atoms with Crippen LogP contribution in [0.4, 0.5) is 5.82 Å². The number of hydrogen-bond acceptors (Lipinski definition) is 5. The third-order valence-corrected chi connectivity index (χ3v) is 3.09. The zero-order chi connectivity index (χ0) is 13.8. The first-order chi connectivity index (χ1) is 9.09. The first kappa shape index (κ1) is 13.4. The van der Waals surface area contributed by atoms with Crippen molar-refractivity contribution in [1.82, 2.24) is 15.2 Å². The summed E-state index contributed by atoms with van der Waals surface area (Å²) >= 11 is 5.09. The molecule has 3 N–H and O–H groups in total. The molecular formula is C13H15N5S. The normalized spacial score (nSPS) is 10.2. The van der Waals surface area contributed by atoms with Gasteiger partial charge < -0.3 is 11.1 Å². The Morgan fingerprint density at radius 2 is 2.16 bits per heavy atom. The maximum absolute atomic E-state index is 5.76. The molecule has 0 saturated carbocycles. The van der Waals surface area contributed by atoms with Crippen molar-refractivity contribution in [2.45, 2.75) is 20.4 Å². The van der Waals surface area contributed by atoms with Gasteiger partial charge in [0, 0.05) is 18.9 Å². The predicted molar refractivity (Wildman–Crippen MR) is 79.0 cm³/mol. The van der Waals surface area contributed by atoms with Crippen LogP contribution >= 0.6 is 12.2 Å². The van der Waals surface area contributed by atoms with Crippen molar-refractivity contribution in [1.29, 1.82) is 0 Å². The number of thiocarbonyl (C=S) groups is 1. The molecule has 0 aliphatic heterocycles. The van der Waals surface area contributed by atoms with Crippen LogP contribution in [0.1, 0.15) is 22.4 Å². The van der Waals surface area contributed by atoms with E-state index in [1.54, 1.807) is 12.4 Å². The van der Waals surface area contributed by atoms with Gasteiger partial charge >= 0.3 is 0 Å². The highest BCUT2D eigenvalue weighted by Gasteiger charge is 2.13. The van der Waals surface area contributed by atoms with Crippen LogP contribution in [-0.4, -0.2) is 20.2 Å². The van der Waals surface area contributed by atoms with Gasteiger partial charge in [-0.25, -0.2) is 0 Å². The molecule has 0 fully saturated rings. The highest BCUT2D eigenvalue weighted by Crippen LogP contribution is 2.18. The standard InChI is InChI=1S/C13H15N5S/c1-8-9(2)17-18-13(11(8)12(14)19)16-7-10-4-3-5-15-6-10/h3-6H,7H2,1-2H3,(H2,14,19)(H,16,18). The van der Waals surface area contributed by atoms with E-state index in [9.17, 15) is 0 Å². The number of anilines is 1. The number of hydrogen-bond donors (Lipinski definition) is 2. The molecule has 0 aromatic carbocycles. The summed E-state index contributed by atoms with van der Waals surface area (Å²) in [6.45, 7) is 4.42. The molecule has 0 saturated heterocycles. The lowest BCUT2D eigenvalue weighted by Gasteiger charge is -2.13. The Bertz CT molecular complexity index is 597. The summed E-state index contributed by atoms with van der Waals surface area (Å²) < 4.78 is 0. The van der Waals surface area contributed by atoms with Gasteiger partial charge in [-0.3, -0.25) is 4.98 Å². The van der Waals surface area contributed by atoms with E-state index < -0.39 is 0 Å². The van der Waals surface area contributed by atoms with Crippen LogP contribution in [0.2, 0.25) is 0 Å². The Kier molecular flexibility index (Phi) is 4.01. The molecule has 0 aliphatic carbocycles. The van der Waals surface area contributed by atoms with Crippen LogP contribution in [0, 0.1) is 13.8 Å². The highest BCUT2D eigenvalue weighted by molar-refractivity contribution is 7.80. The fourth-order valence-electron chi connectivity index (χ4n) is 1.72. The van der Waals surface area contributed by atoms with Gasteiger partial charge in [0.2, 0.25) is 0 Å². The fraction of sp³-hybridized carbons (Fsp3) is 0.231. The van der Waals surface area contributed by atoms with Gasteiger partial charge in [-0.05, 0) is 31.0 Å². The number of pyridine rings is 1. The lowest BCUT2D eigenvalue weighted by molar-refractivity contribution is 0.942. The molecule has 6 heteroatoms. The maximum atomic E-state index is 5.76. The molecule has 19 heavy (non-hydrogen) atoms. The molecule has 0 bridgehead atoms. The molecule has 0 atom stereocenters. The molecule has 0 spiro atoms. The van der Waals surface area contributed by atoms with Crippen LogP contribution in [0.25, 0.3) is 0 Å². The van der Waals surface area contributed by atoms with E-state index >= 15 is 0 Å². The van der Waals surface area contributed by atoms with Gasteiger partial charge in [0.1, 0.15) is 4.99 Å². The minimum Gasteiger partial charge on any atom is -0.389 e. The third kappa shape index (κ3) is 3.03. The van der Waals surface area contributed by atoms with E-state index in [0.717, 1.165) is 22.4 Å². The van der Waals surface area contributed by atoms with Crippen molar-refractivity contribution in [3.63, 3.8) is 0 Å². The first-order valence-electron chi connectivity index (χ1n) is 5.86. The molecule has 2 rings (SSSR count). The SMILES string of the molecule is Cc1nnc(NCc2cccnc2)c(C(N)=S)c1C. The summed E-state index contributed by atoms with van der Waals surface area (Å²) in [5.74, 6) is 0.611. The Morgan fingerprint density at radius 1 is 1.37 bits per heavy atom. The van der Waals surface area contributed by atoms with Crippen LogP contribution in [0.5, 0.6) is 0 Å². The highest BCUT2D eigenvalue weighted by atomic mass is 32.1. The van der Waals surface area contributed by atoms with E-state index in [0.29, 0.717) is 17.4 Å². The van der Waals surface area contributed by atoms with Gasteiger partial charge in [0.05, 0.1) is 11.3 Å². The quantitative estimate of drug-likeness (QED) is 0.826. The van der Waals surface area contributed by atoms with Gasteiger partial charge in [0.25, 0.3) is 0 Å². The van der Waals surface area contributed by atoms with Crippen LogP contribution in [0.15, 0.2) is 24.5 Å². The maximum Gasteiger partial charge on any atom is 0.159 e. The monoisotopic (exact) mass is 273 g/mol. The van der Waals surface area contributed by atoms with Crippen LogP contribution < -0.4 is 11.1 Å². The minimum atomic E-state index is 0.323. The van der Waals surface area contributed by atoms with Crippen molar-refractivity contribution >= 4 is 23.0 Å². The second-order valence-corrected chi connectivity index (χ2v) is 4.65. The number of nitrogens with zero attached hydrogens (tertiary/aromatic N) is 3. The van der Waals surface area contributed by atoms with E-state index in [4.69, 9.17) is 18.0 Å². The molecular weight excluding hydrogens is 258 g/mol. The van der Waals surface area contributed by atoms with Gasteiger partial charge in [-0.15, -0.1) is 5.10 Å². The summed E-state index contributed by atoms with van der Waals surface area (Å²) in [7, 11) is 0. The molecule has 2 heterocycles. The molecule has 0 amide bonds. The second-order valence-electron chi connectivity index (χ2n) is 4.21. The molecule has 5 nitrogen and oxygen atoms in total. The van der Waals surface area contributed by atoms with Crippen molar-refractivity contribution < 1.29 is 0 Å². The number of nitrogens with two attached hydrogens (primary N) is 1. The van der Waals surface area contributed by atoms with Crippen LogP contribution in [0.3, 0.4) is 0 Å². The van der Waals surface area contributed by atoms with Crippen molar-refractivity contribution in [2.24, 2.45) is 5.73 Å². The summed E-state index contributed by atoms with van der Waals surface area (Å²) in [5.41, 5.74) is 9.36. The third-order valence-electron chi connectivity index (χ3n) is 2.88. The van der Waals surface area contributed by atoms with E-state index in [2.05, 4.69) is 20.5 Å². The summed E-state index contributed by atoms with van der Waals surface area (Å²) in [4.78, 5) is 4.38. The van der Waals surface area contributed by atoms with Crippen LogP contribution in [-0.2, 0) is 6.54 Å². The average Bonchev–Trinajstić information content (AvgIpc) is 2.41. The lowest BCUT2D eigenvalue weighted by atomic mass is 10.1. The Morgan fingerprint density at radius 3 is 2.79 bits per heavy atom. The Hall–Kier alpha value is -2.08.